The Morgan fingerprint density at radius 2 is 2.27 bits per heavy atom. The van der Waals surface area contributed by atoms with Crippen molar-refractivity contribution in [2.24, 2.45) is 11.7 Å². The molecule has 1 fully saturated rings. The lowest BCUT2D eigenvalue weighted by Gasteiger charge is -2.39. The number of aromatic nitrogens is 2. The Morgan fingerprint density at radius 3 is 2.93 bits per heavy atom. The van der Waals surface area contributed by atoms with Crippen LogP contribution in [0.5, 0.6) is 0 Å². The second-order valence-corrected chi connectivity index (χ2v) is 4.12. The van der Waals surface area contributed by atoms with Crippen molar-refractivity contribution in [3.05, 3.63) is 18.1 Å². The number of nitrogens with two attached hydrogens (primary N) is 1. The van der Waals surface area contributed by atoms with Gasteiger partial charge in [-0.15, -0.1) is 0 Å². The van der Waals surface area contributed by atoms with E-state index in [1.54, 1.807) is 6.33 Å². The Morgan fingerprint density at radius 1 is 1.47 bits per heavy atom. The summed E-state index contributed by atoms with van der Waals surface area (Å²) in [7, 11) is 0. The summed E-state index contributed by atoms with van der Waals surface area (Å²) >= 11 is 0. The highest BCUT2D eigenvalue weighted by molar-refractivity contribution is 5.42. The van der Waals surface area contributed by atoms with E-state index in [0.717, 1.165) is 44.0 Å². The Balaban J connectivity index is 2.00. The largest absolute Gasteiger partial charge is 0.356 e. The normalized spacial score (nSPS) is 16.5. The highest BCUT2D eigenvalue weighted by Crippen LogP contribution is 2.21. The molecule has 1 saturated heterocycles. The standard InChI is InChI=1S/C11H18N4/c1-2-3-10-4-11(14-8-13-10)15-6-9(5-12)7-15/h4,8-9H,2-3,5-7,12H2,1H3. The van der Waals surface area contributed by atoms with Gasteiger partial charge < -0.3 is 10.6 Å². The minimum Gasteiger partial charge on any atom is -0.356 e. The van der Waals surface area contributed by atoms with Gasteiger partial charge in [-0.25, -0.2) is 9.97 Å². The van der Waals surface area contributed by atoms with Gasteiger partial charge in [0.2, 0.25) is 0 Å². The van der Waals surface area contributed by atoms with Crippen LogP contribution in [0.4, 0.5) is 5.82 Å². The summed E-state index contributed by atoms with van der Waals surface area (Å²) in [6.07, 6.45) is 3.82. The van der Waals surface area contributed by atoms with Crippen molar-refractivity contribution < 1.29 is 0 Å². The molecule has 0 spiro atoms. The fraction of sp³-hybridized carbons (Fsp3) is 0.636. The van der Waals surface area contributed by atoms with Gasteiger partial charge >= 0.3 is 0 Å². The quantitative estimate of drug-likeness (QED) is 0.792. The molecule has 82 valence electrons. The van der Waals surface area contributed by atoms with Gasteiger partial charge in [0.1, 0.15) is 12.1 Å². The topological polar surface area (TPSA) is 55.0 Å². The van der Waals surface area contributed by atoms with Gasteiger partial charge in [0.15, 0.2) is 0 Å². The number of hydrogen-bond acceptors (Lipinski definition) is 4. The van der Waals surface area contributed by atoms with Crippen LogP contribution in [0.1, 0.15) is 19.0 Å². The number of hydrogen-bond donors (Lipinski definition) is 1. The highest BCUT2D eigenvalue weighted by Gasteiger charge is 2.26. The minimum atomic E-state index is 0.648. The zero-order chi connectivity index (χ0) is 10.7. The summed E-state index contributed by atoms with van der Waals surface area (Å²) < 4.78 is 0. The summed E-state index contributed by atoms with van der Waals surface area (Å²) in [5, 5.41) is 0. The zero-order valence-corrected chi connectivity index (χ0v) is 9.19. The average molecular weight is 206 g/mol. The third-order valence-electron chi connectivity index (χ3n) is 2.83. The predicted octanol–water partition coefficient (Wildman–Crippen LogP) is 0.824. The first-order valence-electron chi connectivity index (χ1n) is 5.59. The molecular formula is C11H18N4. The average Bonchev–Trinajstić information content (AvgIpc) is 2.17. The van der Waals surface area contributed by atoms with Crippen LogP contribution in [0.25, 0.3) is 0 Å². The van der Waals surface area contributed by atoms with Crippen LogP contribution in [0.3, 0.4) is 0 Å². The van der Waals surface area contributed by atoms with Crippen LogP contribution in [-0.4, -0.2) is 29.6 Å². The Kier molecular flexibility index (Phi) is 3.16. The maximum Gasteiger partial charge on any atom is 0.132 e. The van der Waals surface area contributed by atoms with Gasteiger partial charge in [-0.1, -0.05) is 13.3 Å². The summed E-state index contributed by atoms with van der Waals surface area (Å²) in [5.41, 5.74) is 6.73. The molecule has 0 aliphatic carbocycles. The highest BCUT2D eigenvalue weighted by atomic mass is 15.2. The van der Waals surface area contributed by atoms with Gasteiger partial charge in [0.05, 0.1) is 0 Å². The molecule has 0 aromatic carbocycles. The molecule has 0 amide bonds. The van der Waals surface area contributed by atoms with Crippen molar-refractivity contribution in [3.63, 3.8) is 0 Å². The van der Waals surface area contributed by atoms with Gasteiger partial charge in [-0.05, 0) is 13.0 Å². The molecule has 0 bridgehead atoms. The van der Waals surface area contributed by atoms with Crippen molar-refractivity contribution in [2.75, 3.05) is 24.5 Å². The molecular weight excluding hydrogens is 188 g/mol. The third kappa shape index (κ3) is 2.26. The molecule has 4 nitrogen and oxygen atoms in total. The molecule has 2 heterocycles. The molecule has 0 saturated carbocycles. The molecule has 4 heteroatoms. The zero-order valence-electron chi connectivity index (χ0n) is 9.19. The third-order valence-corrected chi connectivity index (χ3v) is 2.83. The molecule has 1 aliphatic heterocycles. The molecule has 0 atom stereocenters. The van der Waals surface area contributed by atoms with Crippen LogP contribution in [0.15, 0.2) is 12.4 Å². The van der Waals surface area contributed by atoms with Crippen molar-refractivity contribution in [3.8, 4) is 0 Å². The molecule has 0 radical (unpaired) electrons. The lowest BCUT2D eigenvalue weighted by molar-refractivity contribution is 0.416. The predicted molar refractivity (Wildman–Crippen MR) is 60.8 cm³/mol. The summed E-state index contributed by atoms with van der Waals surface area (Å²) in [6.45, 7) is 5.03. The smallest absolute Gasteiger partial charge is 0.132 e. The van der Waals surface area contributed by atoms with Crippen molar-refractivity contribution in [1.29, 1.82) is 0 Å². The van der Waals surface area contributed by atoms with Crippen molar-refractivity contribution >= 4 is 5.82 Å². The summed E-state index contributed by atoms with van der Waals surface area (Å²) in [6, 6.07) is 2.09. The number of rotatable bonds is 4. The fourth-order valence-electron chi connectivity index (χ4n) is 1.86. The van der Waals surface area contributed by atoms with Crippen LogP contribution >= 0.6 is 0 Å². The number of aryl methyl sites for hydroxylation is 1. The van der Waals surface area contributed by atoms with E-state index < -0.39 is 0 Å². The van der Waals surface area contributed by atoms with E-state index in [4.69, 9.17) is 5.73 Å². The van der Waals surface area contributed by atoms with Crippen LogP contribution in [-0.2, 0) is 6.42 Å². The van der Waals surface area contributed by atoms with Gasteiger partial charge in [-0.2, -0.15) is 0 Å². The van der Waals surface area contributed by atoms with Crippen molar-refractivity contribution in [1.82, 2.24) is 9.97 Å². The first-order chi connectivity index (χ1) is 7.33. The van der Waals surface area contributed by atoms with E-state index >= 15 is 0 Å². The summed E-state index contributed by atoms with van der Waals surface area (Å²) in [5.74, 6) is 1.70. The first kappa shape index (κ1) is 10.4. The lowest BCUT2D eigenvalue weighted by atomic mass is 10.0. The van der Waals surface area contributed by atoms with Gasteiger partial charge in [0.25, 0.3) is 0 Å². The maximum atomic E-state index is 5.59. The second-order valence-electron chi connectivity index (χ2n) is 4.12. The van der Waals surface area contributed by atoms with E-state index in [1.165, 1.54) is 0 Å². The SMILES string of the molecule is CCCc1cc(N2CC(CN)C2)ncn1. The monoisotopic (exact) mass is 206 g/mol. The van der Waals surface area contributed by atoms with E-state index in [-0.39, 0.29) is 0 Å². The van der Waals surface area contributed by atoms with Gasteiger partial charge in [-0.3, -0.25) is 0 Å². The second kappa shape index (κ2) is 4.57. The number of anilines is 1. The van der Waals surface area contributed by atoms with Crippen LogP contribution in [0.2, 0.25) is 0 Å². The summed E-state index contributed by atoms with van der Waals surface area (Å²) in [4.78, 5) is 10.8. The first-order valence-corrected chi connectivity index (χ1v) is 5.59. The molecule has 1 aromatic heterocycles. The molecule has 0 unspecified atom stereocenters. The molecule has 15 heavy (non-hydrogen) atoms. The Bertz CT molecular complexity index is 320. The maximum absolute atomic E-state index is 5.59. The van der Waals surface area contributed by atoms with Crippen LogP contribution < -0.4 is 10.6 Å². The van der Waals surface area contributed by atoms with Crippen molar-refractivity contribution in [2.45, 2.75) is 19.8 Å². The molecule has 2 N–H and O–H groups in total. The van der Waals surface area contributed by atoms with Gasteiger partial charge in [0, 0.05) is 30.8 Å². The lowest BCUT2D eigenvalue weighted by Crippen LogP contribution is -2.50. The molecule has 2 rings (SSSR count). The van der Waals surface area contributed by atoms with E-state index in [1.807, 2.05) is 0 Å². The molecule has 1 aromatic rings. The Hall–Kier alpha value is -1.16. The fourth-order valence-corrected chi connectivity index (χ4v) is 1.86. The number of nitrogens with zero attached hydrogens (tertiary/aromatic N) is 3. The minimum absolute atomic E-state index is 0.648. The Labute approximate surface area is 90.5 Å². The van der Waals surface area contributed by atoms with E-state index in [9.17, 15) is 0 Å². The molecule has 1 aliphatic rings. The van der Waals surface area contributed by atoms with Crippen LogP contribution in [0, 0.1) is 5.92 Å². The van der Waals surface area contributed by atoms with E-state index in [2.05, 4.69) is 27.9 Å². The van der Waals surface area contributed by atoms with E-state index in [0.29, 0.717) is 5.92 Å².